The number of carbonyl (C=O) groups excluding carboxylic acids is 1. The second-order valence-electron chi connectivity index (χ2n) is 4.68. The van der Waals surface area contributed by atoms with E-state index >= 15 is 0 Å². The molecular weight excluding hydrogens is 282 g/mol. The summed E-state index contributed by atoms with van der Waals surface area (Å²) in [6, 6.07) is 2.03. The van der Waals surface area contributed by atoms with Gasteiger partial charge in [-0.05, 0) is 34.8 Å². The molecule has 0 aromatic carbocycles. The van der Waals surface area contributed by atoms with Crippen LogP contribution in [0.1, 0.15) is 36.2 Å². The summed E-state index contributed by atoms with van der Waals surface area (Å²) in [5, 5.41) is 3.03. The average Bonchev–Trinajstić information content (AvgIpc) is 2.61. The number of halogens is 1. The molecule has 1 amide bonds. The zero-order chi connectivity index (χ0) is 12.4. The average molecular weight is 300 g/mol. The van der Waals surface area contributed by atoms with Crippen LogP contribution in [0.25, 0.3) is 0 Å². The van der Waals surface area contributed by atoms with Crippen LogP contribution in [0.15, 0.2) is 16.7 Å². The lowest BCUT2D eigenvalue weighted by atomic mass is 9.91. The first-order chi connectivity index (χ1) is 8.08. The quantitative estimate of drug-likeness (QED) is 0.875. The van der Waals surface area contributed by atoms with Crippen molar-refractivity contribution in [3.63, 3.8) is 0 Å². The van der Waals surface area contributed by atoms with Crippen molar-refractivity contribution in [3.05, 3.63) is 22.4 Å². The van der Waals surface area contributed by atoms with Crippen molar-refractivity contribution in [2.24, 2.45) is 12.8 Å². The molecule has 4 nitrogen and oxygen atoms in total. The van der Waals surface area contributed by atoms with E-state index in [1.165, 1.54) is 6.42 Å². The van der Waals surface area contributed by atoms with Crippen LogP contribution in [-0.2, 0) is 7.05 Å². The van der Waals surface area contributed by atoms with Crippen molar-refractivity contribution in [1.82, 2.24) is 9.88 Å². The molecule has 1 aliphatic carbocycles. The van der Waals surface area contributed by atoms with E-state index in [0.29, 0.717) is 5.69 Å². The van der Waals surface area contributed by atoms with Crippen LogP contribution in [0.3, 0.4) is 0 Å². The Morgan fingerprint density at radius 1 is 1.53 bits per heavy atom. The molecule has 0 bridgehead atoms. The first kappa shape index (κ1) is 12.6. The number of aromatic nitrogens is 1. The Kier molecular flexibility index (Phi) is 3.89. The Hall–Kier alpha value is -0.810. The van der Waals surface area contributed by atoms with Crippen LogP contribution >= 0.6 is 15.9 Å². The van der Waals surface area contributed by atoms with Crippen LogP contribution in [0, 0.1) is 0 Å². The van der Waals surface area contributed by atoms with Crippen molar-refractivity contribution in [3.8, 4) is 0 Å². The van der Waals surface area contributed by atoms with Crippen molar-refractivity contribution in [2.75, 3.05) is 0 Å². The molecule has 1 heterocycles. The van der Waals surface area contributed by atoms with E-state index in [9.17, 15) is 4.79 Å². The van der Waals surface area contributed by atoms with Crippen LogP contribution < -0.4 is 11.1 Å². The molecule has 3 N–H and O–H groups in total. The molecule has 17 heavy (non-hydrogen) atoms. The topological polar surface area (TPSA) is 60.0 Å². The molecule has 2 atom stereocenters. The van der Waals surface area contributed by atoms with Crippen molar-refractivity contribution < 1.29 is 4.79 Å². The van der Waals surface area contributed by atoms with E-state index in [1.807, 2.05) is 23.9 Å². The number of nitrogens with zero attached hydrogens (tertiary/aromatic N) is 1. The zero-order valence-corrected chi connectivity index (χ0v) is 11.5. The minimum absolute atomic E-state index is 0.0412. The summed E-state index contributed by atoms with van der Waals surface area (Å²) in [6.07, 6.45) is 6.18. The van der Waals surface area contributed by atoms with Crippen molar-refractivity contribution in [2.45, 2.75) is 37.8 Å². The first-order valence-electron chi connectivity index (χ1n) is 5.96. The van der Waals surface area contributed by atoms with E-state index in [4.69, 9.17) is 5.73 Å². The minimum atomic E-state index is -0.0412. The van der Waals surface area contributed by atoms with E-state index in [2.05, 4.69) is 21.2 Å². The van der Waals surface area contributed by atoms with Gasteiger partial charge in [-0.1, -0.05) is 12.8 Å². The molecule has 0 saturated heterocycles. The van der Waals surface area contributed by atoms with Crippen molar-refractivity contribution in [1.29, 1.82) is 0 Å². The third kappa shape index (κ3) is 2.90. The molecule has 1 fully saturated rings. The molecule has 94 valence electrons. The third-order valence-corrected chi connectivity index (χ3v) is 3.77. The second-order valence-corrected chi connectivity index (χ2v) is 5.60. The standard InChI is InChI=1S/C12H18BrN3O/c1-16-7-8(13)6-11(16)12(17)15-10-5-3-2-4-9(10)14/h6-7,9-10H,2-5,14H2,1H3,(H,15,17). The summed E-state index contributed by atoms with van der Waals surface area (Å²) >= 11 is 3.36. The molecule has 0 spiro atoms. The van der Waals surface area contributed by atoms with Crippen molar-refractivity contribution >= 4 is 21.8 Å². The Morgan fingerprint density at radius 3 is 2.82 bits per heavy atom. The smallest absolute Gasteiger partial charge is 0.268 e. The molecule has 2 unspecified atom stereocenters. The van der Waals surface area contributed by atoms with E-state index in [1.54, 1.807) is 0 Å². The largest absolute Gasteiger partial charge is 0.346 e. The molecule has 0 aliphatic heterocycles. The number of amides is 1. The molecule has 1 aliphatic rings. The van der Waals surface area contributed by atoms with Crippen LogP contribution in [-0.4, -0.2) is 22.6 Å². The van der Waals surface area contributed by atoms with E-state index < -0.39 is 0 Å². The van der Waals surface area contributed by atoms with Gasteiger partial charge in [-0.25, -0.2) is 0 Å². The molecule has 1 aromatic heterocycles. The number of carbonyl (C=O) groups is 1. The lowest BCUT2D eigenvalue weighted by Crippen LogP contribution is -2.49. The van der Waals surface area contributed by atoms with Gasteiger partial charge < -0.3 is 15.6 Å². The monoisotopic (exact) mass is 299 g/mol. The lowest BCUT2D eigenvalue weighted by Gasteiger charge is -2.29. The lowest BCUT2D eigenvalue weighted by molar-refractivity contribution is 0.0913. The normalized spacial score (nSPS) is 24.6. The van der Waals surface area contributed by atoms with Crippen LogP contribution in [0.2, 0.25) is 0 Å². The summed E-state index contributed by atoms with van der Waals surface area (Å²) in [6.45, 7) is 0. The maximum atomic E-state index is 12.1. The van der Waals surface area contributed by atoms with Crippen LogP contribution in [0.5, 0.6) is 0 Å². The van der Waals surface area contributed by atoms with Gasteiger partial charge in [-0.3, -0.25) is 4.79 Å². The molecule has 1 saturated carbocycles. The number of nitrogens with two attached hydrogens (primary N) is 1. The summed E-state index contributed by atoms with van der Waals surface area (Å²) in [5.41, 5.74) is 6.68. The molecular formula is C12H18BrN3O. The van der Waals surface area contributed by atoms with Gasteiger partial charge in [0.05, 0.1) is 0 Å². The fraction of sp³-hybridized carbons (Fsp3) is 0.583. The van der Waals surface area contributed by atoms with Gasteiger partial charge >= 0.3 is 0 Å². The second kappa shape index (κ2) is 5.23. The first-order valence-corrected chi connectivity index (χ1v) is 6.75. The Bertz CT molecular complexity index is 416. The van der Waals surface area contributed by atoms with Gasteiger partial charge in [0.1, 0.15) is 5.69 Å². The molecule has 1 aromatic rings. The fourth-order valence-corrected chi connectivity index (χ4v) is 2.85. The Morgan fingerprint density at radius 2 is 2.24 bits per heavy atom. The minimum Gasteiger partial charge on any atom is -0.346 e. The summed E-state index contributed by atoms with van der Waals surface area (Å²) in [7, 11) is 1.86. The maximum Gasteiger partial charge on any atom is 0.268 e. The SMILES string of the molecule is Cn1cc(Br)cc1C(=O)NC1CCCCC1N. The Labute approximate surface area is 110 Å². The highest BCUT2D eigenvalue weighted by Crippen LogP contribution is 2.18. The highest BCUT2D eigenvalue weighted by molar-refractivity contribution is 9.10. The van der Waals surface area contributed by atoms with E-state index in [0.717, 1.165) is 23.7 Å². The zero-order valence-electron chi connectivity index (χ0n) is 9.95. The predicted octanol–water partition coefficient (Wildman–Crippen LogP) is 1.79. The number of rotatable bonds is 2. The maximum absolute atomic E-state index is 12.1. The highest BCUT2D eigenvalue weighted by atomic mass is 79.9. The Balaban J connectivity index is 2.03. The molecule has 2 rings (SSSR count). The number of hydrogen-bond acceptors (Lipinski definition) is 2. The summed E-state index contributed by atoms with van der Waals surface area (Å²) in [5.74, 6) is -0.0412. The van der Waals surface area contributed by atoms with Gasteiger partial charge in [0.15, 0.2) is 0 Å². The third-order valence-electron chi connectivity index (χ3n) is 3.34. The van der Waals surface area contributed by atoms with Gasteiger partial charge in [-0.2, -0.15) is 0 Å². The highest BCUT2D eigenvalue weighted by Gasteiger charge is 2.24. The van der Waals surface area contributed by atoms with Crippen LogP contribution in [0.4, 0.5) is 0 Å². The number of nitrogens with one attached hydrogen (secondary N) is 1. The van der Waals surface area contributed by atoms with Gasteiger partial charge in [0.2, 0.25) is 0 Å². The van der Waals surface area contributed by atoms with Gasteiger partial charge in [0.25, 0.3) is 5.91 Å². The van der Waals surface area contributed by atoms with E-state index in [-0.39, 0.29) is 18.0 Å². The predicted molar refractivity (Wildman–Crippen MR) is 70.8 cm³/mol. The van der Waals surface area contributed by atoms with Gasteiger partial charge in [-0.15, -0.1) is 0 Å². The number of hydrogen-bond donors (Lipinski definition) is 2. The molecule has 5 heteroatoms. The summed E-state index contributed by atoms with van der Waals surface area (Å²) in [4.78, 5) is 12.1. The molecule has 0 radical (unpaired) electrons. The van der Waals surface area contributed by atoms with Gasteiger partial charge in [0, 0.05) is 29.8 Å². The summed E-state index contributed by atoms with van der Waals surface area (Å²) < 4.78 is 2.73. The fourth-order valence-electron chi connectivity index (χ4n) is 2.33. The number of aryl methyl sites for hydroxylation is 1.